The first-order valence-corrected chi connectivity index (χ1v) is 4.98. The number of fused-ring (bicyclic) bond motifs is 1. The molecule has 0 heterocycles. The van der Waals surface area contributed by atoms with Crippen molar-refractivity contribution in [3.63, 3.8) is 0 Å². The number of quaternary nitrogens is 1. The van der Waals surface area contributed by atoms with Crippen molar-refractivity contribution in [3.05, 3.63) is 35.4 Å². The summed E-state index contributed by atoms with van der Waals surface area (Å²) in [6.07, 6.45) is 2.57. The third-order valence-corrected chi connectivity index (χ3v) is 3.04. The molecule has 0 radical (unpaired) electrons. The topological polar surface area (TPSA) is 0 Å². The summed E-state index contributed by atoms with van der Waals surface area (Å²) in [5.41, 5.74) is 3.12. The monoisotopic (exact) mass is 176 g/mol. The van der Waals surface area contributed by atoms with Crippen LogP contribution in [0.4, 0.5) is 0 Å². The quantitative estimate of drug-likeness (QED) is 0.576. The fourth-order valence-corrected chi connectivity index (χ4v) is 2.34. The van der Waals surface area contributed by atoms with E-state index < -0.39 is 0 Å². The van der Waals surface area contributed by atoms with Crippen LogP contribution >= 0.6 is 0 Å². The normalized spacial score (nSPS) is 21.6. The highest BCUT2D eigenvalue weighted by Gasteiger charge is 2.31. The van der Waals surface area contributed by atoms with E-state index in [9.17, 15) is 0 Å². The lowest BCUT2D eigenvalue weighted by Crippen LogP contribution is -2.37. The smallest absolute Gasteiger partial charge is 0.115 e. The van der Waals surface area contributed by atoms with Crippen LogP contribution in [0, 0.1) is 0 Å². The highest BCUT2D eigenvalue weighted by atomic mass is 15.3. The second-order valence-electron chi connectivity index (χ2n) is 4.87. The summed E-state index contributed by atoms with van der Waals surface area (Å²) < 4.78 is 1.05. The van der Waals surface area contributed by atoms with Gasteiger partial charge in [0.15, 0.2) is 0 Å². The number of aryl methyl sites for hydroxylation is 1. The summed E-state index contributed by atoms with van der Waals surface area (Å²) >= 11 is 0. The number of benzene rings is 1. The molecule has 0 spiro atoms. The predicted molar refractivity (Wildman–Crippen MR) is 55.5 cm³/mol. The molecule has 0 aliphatic heterocycles. The summed E-state index contributed by atoms with van der Waals surface area (Å²) in [5.74, 6) is 0. The van der Waals surface area contributed by atoms with Gasteiger partial charge in [0, 0.05) is 12.0 Å². The maximum atomic E-state index is 2.29. The van der Waals surface area contributed by atoms with E-state index in [1.807, 2.05) is 0 Å². The van der Waals surface area contributed by atoms with Crippen LogP contribution in [0.1, 0.15) is 23.6 Å². The first-order valence-electron chi connectivity index (χ1n) is 4.98. The van der Waals surface area contributed by atoms with Gasteiger partial charge in [0.25, 0.3) is 0 Å². The molecule has 1 nitrogen and oxygen atoms in total. The van der Waals surface area contributed by atoms with Gasteiger partial charge >= 0.3 is 0 Å². The maximum Gasteiger partial charge on any atom is 0.115 e. The van der Waals surface area contributed by atoms with Gasteiger partial charge in [-0.05, 0) is 12.0 Å². The molecular formula is C12H18N+. The minimum Gasteiger partial charge on any atom is -0.325 e. The Morgan fingerprint density at radius 1 is 1.15 bits per heavy atom. The van der Waals surface area contributed by atoms with E-state index in [-0.39, 0.29) is 0 Å². The van der Waals surface area contributed by atoms with Gasteiger partial charge in [-0.15, -0.1) is 0 Å². The molecule has 0 unspecified atom stereocenters. The molecular weight excluding hydrogens is 158 g/mol. The van der Waals surface area contributed by atoms with Crippen molar-refractivity contribution in [3.8, 4) is 0 Å². The Hall–Kier alpha value is -0.820. The van der Waals surface area contributed by atoms with Crippen LogP contribution < -0.4 is 0 Å². The van der Waals surface area contributed by atoms with E-state index in [1.54, 1.807) is 11.1 Å². The van der Waals surface area contributed by atoms with Crippen molar-refractivity contribution in [2.45, 2.75) is 18.9 Å². The van der Waals surface area contributed by atoms with Gasteiger partial charge in [0.2, 0.25) is 0 Å². The van der Waals surface area contributed by atoms with Gasteiger partial charge < -0.3 is 4.48 Å². The minimum atomic E-state index is 0.705. The lowest BCUT2D eigenvalue weighted by Gasteiger charge is -2.32. The summed E-state index contributed by atoms with van der Waals surface area (Å²) in [4.78, 5) is 0. The Bertz CT molecular complexity index is 309. The molecule has 0 saturated heterocycles. The number of rotatable bonds is 1. The SMILES string of the molecule is C[N+](C)(C)[C@@H]1CCc2ccccc21. The van der Waals surface area contributed by atoms with Crippen molar-refractivity contribution < 1.29 is 4.48 Å². The molecule has 0 saturated carbocycles. The fourth-order valence-electron chi connectivity index (χ4n) is 2.34. The highest BCUT2D eigenvalue weighted by Crippen LogP contribution is 2.36. The van der Waals surface area contributed by atoms with E-state index in [0.29, 0.717) is 6.04 Å². The van der Waals surface area contributed by atoms with Crippen molar-refractivity contribution in [1.82, 2.24) is 0 Å². The molecule has 0 N–H and O–H groups in total. The zero-order valence-electron chi connectivity index (χ0n) is 8.75. The van der Waals surface area contributed by atoms with Crippen LogP contribution in [0.25, 0.3) is 0 Å². The standard InChI is InChI=1S/C12H18N/c1-13(2,3)12-9-8-10-6-4-5-7-11(10)12/h4-7,12H,8-9H2,1-3H3/q+1/t12-/m1/s1. The third kappa shape index (κ3) is 1.49. The molecule has 70 valence electrons. The summed E-state index contributed by atoms with van der Waals surface area (Å²) in [5, 5.41) is 0. The van der Waals surface area contributed by atoms with E-state index in [1.165, 1.54) is 12.8 Å². The van der Waals surface area contributed by atoms with Gasteiger partial charge in [-0.1, -0.05) is 24.3 Å². The minimum absolute atomic E-state index is 0.705. The Labute approximate surface area is 80.6 Å². The molecule has 0 bridgehead atoms. The fraction of sp³-hybridized carbons (Fsp3) is 0.500. The molecule has 1 atom stereocenters. The van der Waals surface area contributed by atoms with Crippen LogP contribution in [0.2, 0.25) is 0 Å². The zero-order chi connectivity index (χ0) is 9.47. The zero-order valence-corrected chi connectivity index (χ0v) is 8.75. The maximum absolute atomic E-state index is 2.29. The first-order chi connectivity index (χ1) is 6.09. The van der Waals surface area contributed by atoms with Gasteiger partial charge in [0.1, 0.15) is 6.04 Å². The van der Waals surface area contributed by atoms with Crippen molar-refractivity contribution in [2.24, 2.45) is 0 Å². The lowest BCUT2D eigenvalue weighted by atomic mass is 10.1. The van der Waals surface area contributed by atoms with Crippen molar-refractivity contribution >= 4 is 0 Å². The Morgan fingerprint density at radius 3 is 2.54 bits per heavy atom. The molecule has 1 aromatic rings. The summed E-state index contributed by atoms with van der Waals surface area (Å²) in [6, 6.07) is 9.57. The predicted octanol–water partition coefficient (Wildman–Crippen LogP) is 2.38. The van der Waals surface area contributed by atoms with Gasteiger partial charge in [-0.3, -0.25) is 0 Å². The van der Waals surface area contributed by atoms with Crippen molar-refractivity contribution in [2.75, 3.05) is 21.1 Å². The van der Waals surface area contributed by atoms with Crippen LogP contribution in [0.15, 0.2) is 24.3 Å². The van der Waals surface area contributed by atoms with E-state index in [0.717, 1.165) is 4.48 Å². The van der Waals surface area contributed by atoms with Gasteiger partial charge in [0.05, 0.1) is 21.1 Å². The van der Waals surface area contributed by atoms with Crippen LogP contribution in [-0.2, 0) is 6.42 Å². The van der Waals surface area contributed by atoms with E-state index in [4.69, 9.17) is 0 Å². The molecule has 1 aromatic carbocycles. The first kappa shape index (κ1) is 8.76. The van der Waals surface area contributed by atoms with Gasteiger partial charge in [-0.25, -0.2) is 0 Å². The van der Waals surface area contributed by atoms with Crippen LogP contribution in [0.5, 0.6) is 0 Å². The lowest BCUT2D eigenvalue weighted by molar-refractivity contribution is -0.901. The number of hydrogen-bond acceptors (Lipinski definition) is 0. The number of hydrogen-bond donors (Lipinski definition) is 0. The molecule has 0 amide bonds. The second kappa shape index (κ2) is 2.85. The van der Waals surface area contributed by atoms with Crippen LogP contribution in [-0.4, -0.2) is 25.6 Å². The Balaban J connectivity index is 2.39. The average molecular weight is 176 g/mol. The molecule has 1 aliphatic rings. The van der Waals surface area contributed by atoms with Gasteiger partial charge in [-0.2, -0.15) is 0 Å². The largest absolute Gasteiger partial charge is 0.325 e. The number of nitrogens with zero attached hydrogens (tertiary/aromatic N) is 1. The average Bonchev–Trinajstić information content (AvgIpc) is 2.45. The molecule has 1 heteroatoms. The van der Waals surface area contributed by atoms with Crippen molar-refractivity contribution in [1.29, 1.82) is 0 Å². The molecule has 2 rings (SSSR count). The Morgan fingerprint density at radius 2 is 1.85 bits per heavy atom. The molecule has 0 fully saturated rings. The second-order valence-corrected chi connectivity index (χ2v) is 4.87. The third-order valence-electron chi connectivity index (χ3n) is 3.04. The highest BCUT2D eigenvalue weighted by molar-refractivity contribution is 5.33. The van der Waals surface area contributed by atoms with E-state index >= 15 is 0 Å². The summed E-state index contributed by atoms with van der Waals surface area (Å²) in [7, 11) is 6.85. The Kier molecular flexibility index (Phi) is 1.92. The van der Waals surface area contributed by atoms with E-state index in [2.05, 4.69) is 45.4 Å². The summed E-state index contributed by atoms with van der Waals surface area (Å²) in [6.45, 7) is 0. The van der Waals surface area contributed by atoms with Crippen LogP contribution in [0.3, 0.4) is 0 Å². The molecule has 1 aliphatic carbocycles. The molecule has 0 aromatic heterocycles. The molecule has 13 heavy (non-hydrogen) atoms.